The summed E-state index contributed by atoms with van der Waals surface area (Å²) in [6.45, 7) is 2.32. The van der Waals surface area contributed by atoms with Crippen molar-refractivity contribution in [2.75, 3.05) is 0 Å². The van der Waals surface area contributed by atoms with E-state index < -0.39 is 0 Å². The van der Waals surface area contributed by atoms with E-state index >= 15 is 0 Å². The number of aliphatic imine (C=N–C) groups is 1. The first-order valence-corrected chi connectivity index (χ1v) is 8.68. The topological polar surface area (TPSA) is 47.4 Å². The Hall–Kier alpha value is -1.95. The van der Waals surface area contributed by atoms with Crippen molar-refractivity contribution in [3.63, 3.8) is 0 Å². The Balaban J connectivity index is 1.62. The smallest absolute Gasteiger partial charge is 0.231 e. The Labute approximate surface area is 153 Å². The predicted octanol–water partition coefficient (Wildman–Crippen LogP) is 5.48. The van der Waals surface area contributed by atoms with E-state index in [1.54, 1.807) is 24.4 Å². The molecule has 0 aliphatic heterocycles. The lowest BCUT2D eigenvalue weighted by atomic mass is 10.2. The first kappa shape index (κ1) is 16.9. The van der Waals surface area contributed by atoms with Gasteiger partial charge in [-0.25, -0.2) is 4.99 Å². The molecule has 0 saturated carbocycles. The number of ether oxygens (including phenoxy) is 1. The minimum absolute atomic E-state index is 0.277. The van der Waals surface area contributed by atoms with Crippen LogP contribution in [0.5, 0.6) is 5.75 Å². The van der Waals surface area contributed by atoms with Gasteiger partial charge in [0.25, 0.3) is 0 Å². The average Bonchev–Trinajstić information content (AvgIpc) is 3.01. The number of halogens is 2. The molecule has 0 amide bonds. The zero-order chi connectivity index (χ0) is 16.9. The van der Waals surface area contributed by atoms with Crippen molar-refractivity contribution in [1.82, 2.24) is 10.2 Å². The van der Waals surface area contributed by atoms with Crippen molar-refractivity contribution in [1.29, 1.82) is 0 Å². The molecule has 7 heteroatoms. The Morgan fingerprint density at radius 3 is 2.67 bits per heavy atom. The van der Waals surface area contributed by atoms with Gasteiger partial charge >= 0.3 is 0 Å². The highest BCUT2D eigenvalue weighted by molar-refractivity contribution is 7.14. The van der Waals surface area contributed by atoms with Gasteiger partial charge in [-0.3, -0.25) is 0 Å². The number of benzene rings is 2. The number of hydrogen-bond acceptors (Lipinski definition) is 5. The summed E-state index contributed by atoms with van der Waals surface area (Å²) in [6.07, 6.45) is 1.76. The zero-order valence-electron chi connectivity index (χ0n) is 12.7. The minimum atomic E-state index is 0.277. The van der Waals surface area contributed by atoms with E-state index in [1.807, 2.05) is 31.2 Å². The summed E-state index contributed by atoms with van der Waals surface area (Å²) in [5, 5.41) is 10.4. The lowest BCUT2D eigenvalue weighted by Gasteiger charge is -2.05. The molecule has 0 N–H and O–H groups in total. The summed E-state index contributed by atoms with van der Waals surface area (Å²) in [5.41, 5.74) is 2.23. The fourth-order valence-electron chi connectivity index (χ4n) is 1.87. The van der Waals surface area contributed by atoms with Crippen molar-refractivity contribution in [3.8, 4) is 5.75 Å². The molecule has 0 radical (unpaired) electrons. The normalized spacial score (nSPS) is 11.1. The number of rotatable bonds is 5. The minimum Gasteiger partial charge on any atom is -0.485 e. The van der Waals surface area contributed by atoms with Crippen molar-refractivity contribution in [2.45, 2.75) is 13.5 Å². The molecule has 0 unspecified atom stereocenters. The maximum Gasteiger partial charge on any atom is 0.231 e. The van der Waals surface area contributed by atoms with Crippen molar-refractivity contribution < 1.29 is 4.74 Å². The maximum absolute atomic E-state index is 6.06. The number of hydrogen-bond donors (Lipinski definition) is 0. The highest BCUT2D eigenvalue weighted by atomic mass is 35.5. The van der Waals surface area contributed by atoms with Crippen LogP contribution in [0, 0.1) is 6.92 Å². The number of aromatic nitrogens is 2. The van der Waals surface area contributed by atoms with Crippen LogP contribution in [0.25, 0.3) is 0 Å². The molecule has 1 heterocycles. The zero-order valence-corrected chi connectivity index (χ0v) is 15.1. The predicted molar refractivity (Wildman–Crippen MR) is 99.1 cm³/mol. The molecule has 0 atom stereocenters. The van der Waals surface area contributed by atoms with Gasteiger partial charge in [0.1, 0.15) is 12.4 Å². The quantitative estimate of drug-likeness (QED) is 0.552. The third kappa shape index (κ3) is 4.54. The third-order valence-corrected chi connectivity index (χ3v) is 4.44. The van der Waals surface area contributed by atoms with Crippen molar-refractivity contribution >= 4 is 45.9 Å². The first-order chi connectivity index (χ1) is 11.6. The summed E-state index contributed by atoms with van der Waals surface area (Å²) in [6, 6.07) is 13.2. The molecule has 0 fully saturated rings. The standard InChI is InChI=1S/C17H13Cl2N3OS/c1-11-2-4-12(5-3-11)9-20-17-22-21-16(24-17)10-23-15-7-6-13(18)8-14(15)19/h2-9H,10H2,1H3. The van der Waals surface area contributed by atoms with Gasteiger partial charge in [0, 0.05) is 11.2 Å². The van der Waals surface area contributed by atoms with Gasteiger partial charge < -0.3 is 4.74 Å². The second kappa shape index (κ2) is 7.75. The molecule has 0 bridgehead atoms. The summed E-state index contributed by atoms with van der Waals surface area (Å²) in [7, 11) is 0. The SMILES string of the molecule is Cc1ccc(C=Nc2nnc(COc3ccc(Cl)cc3Cl)s2)cc1. The Kier molecular flexibility index (Phi) is 5.45. The third-order valence-electron chi connectivity index (χ3n) is 3.10. The molecule has 122 valence electrons. The van der Waals surface area contributed by atoms with E-state index in [4.69, 9.17) is 27.9 Å². The van der Waals surface area contributed by atoms with Crippen LogP contribution in [-0.4, -0.2) is 16.4 Å². The molecule has 0 spiro atoms. The summed E-state index contributed by atoms with van der Waals surface area (Å²) < 4.78 is 5.63. The van der Waals surface area contributed by atoms with Crippen LogP contribution in [0.4, 0.5) is 5.13 Å². The molecule has 3 aromatic rings. The largest absolute Gasteiger partial charge is 0.485 e. The first-order valence-electron chi connectivity index (χ1n) is 7.11. The van der Waals surface area contributed by atoms with Crippen LogP contribution in [-0.2, 0) is 6.61 Å². The molecular weight excluding hydrogens is 365 g/mol. The lowest BCUT2D eigenvalue weighted by Crippen LogP contribution is -1.95. The molecule has 0 aliphatic rings. The monoisotopic (exact) mass is 377 g/mol. The number of aryl methyl sites for hydroxylation is 1. The van der Waals surface area contributed by atoms with E-state index in [0.717, 1.165) is 10.6 Å². The van der Waals surface area contributed by atoms with Gasteiger partial charge in [-0.2, -0.15) is 0 Å². The summed E-state index contributed by atoms with van der Waals surface area (Å²) in [4.78, 5) is 4.33. The summed E-state index contributed by atoms with van der Waals surface area (Å²) in [5.74, 6) is 0.556. The number of nitrogens with zero attached hydrogens (tertiary/aromatic N) is 3. The van der Waals surface area contributed by atoms with Crippen LogP contribution < -0.4 is 4.74 Å². The van der Waals surface area contributed by atoms with Gasteiger partial charge in [0.15, 0.2) is 5.01 Å². The lowest BCUT2D eigenvalue weighted by molar-refractivity contribution is 0.305. The van der Waals surface area contributed by atoms with E-state index in [2.05, 4.69) is 15.2 Å². The molecule has 24 heavy (non-hydrogen) atoms. The maximum atomic E-state index is 6.06. The summed E-state index contributed by atoms with van der Waals surface area (Å²) >= 11 is 13.3. The van der Waals surface area contributed by atoms with Crippen LogP contribution >= 0.6 is 34.5 Å². The molecule has 1 aromatic heterocycles. The second-order valence-electron chi connectivity index (χ2n) is 5.01. The van der Waals surface area contributed by atoms with Gasteiger partial charge in [-0.1, -0.05) is 64.4 Å². The molecular formula is C17H13Cl2N3OS. The fourth-order valence-corrected chi connectivity index (χ4v) is 2.93. The Bertz CT molecular complexity index is 863. The molecule has 0 saturated heterocycles. The molecule has 2 aromatic carbocycles. The van der Waals surface area contributed by atoms with Gasteiger partial charge in [-0.05, 0) is 30.7 Å². The van der Waals surface area contributed by atoms with Crippen LogP contribution in [0.2, 0.25) is 10.0 Å². The van der Waals surface area contributed by atoms with E-state index in [9.17, 15) is 0 Å². The highest BCUT2D eigenvalue weighted by Crippen LogP contribution is 2.29. The second-order valence-corrected chi connectivity index (χ2v) is 6.89. The molecule has 3 rings (SSSR count). The van der Waals surface area contributed by atoms with E-state index in [0.29, 0.717) is 20.9 Å². The van der Waals surface area contributed by atoms with Gasteiger partial charge in [0.05, 0.1) is 5.02 Å². The van der Waals surface area contributed by atoms with Crippen molar-refractivity contribution in [3.05, 3.63) is 68.6 Å². The Morgan fingerprint density at radius 2 is 1.92 bits per heavy atom. The molecule has 4 nitrogen and oxygen atoms in total. The van der Waals surface area contributed by atoms with Crippen molar-refractivity contribution in [2.24, 2.45) is 4.99 Å². The molecule has 0 aliphatic carbocycles. The van der Waals surface area contributed by atoms with Crippen LogP contribution in [0.1, 0.15) is 16.1 Å². The van der Waals surface area contributed by atoms with E-state index in [-0.39, 0.29) is 6.61 Å². The highest BCUT2D eigenvalue weighted by Gasteiger charge is 2.06. The van der Waals surface area contributed by atoms with Crippen LogP contribution in [0.3, 0.4) is 0 Å². The average molecular weight is 378 g/mol. The Morgan fingerprint density at radius 1 is 1.12 bits per heavy atom. The fraction of sp³-hybridized carbons (Fsp3) is 0.118. The van der Waals surface area contributed by atoms with Gasteiger partial charge in [0.2, 0.25) is 5.13 Å². The van der Waals surface area contributed by atoms with E-state index in [1.165, 1.54) is 16.9 Å². The van der Waals surface area contributed by atoms with Crippen LogP contribution in [0.15, 0.2) is 47.5 Å². The van der Waals surface area contributed by atoms with Gasteiger partial charge in [-0.15, -0.1) is 10.2 Å².